The minimum absolute atomic E-state index is 0.00668. The molecule has 0 fully saturated rings. The van der Waals surface area contributed by atoms with Crippen molar-refractivity contribution in [3.8, 4) is 17.1 Å². The highest BCUT2D eigenvalue weighted by atomic mass is 35.5. The Morgan fingerprint density at radius 2 is 1.90 bits per heavy atom. The second kappa shape index (κ2) is 7.96. The van der Waals surface area contributed by atoms with E-state index in [0.29, 0.717) is 22.2 Å². The molecule has 0 radical (unpaired) electrons. The Morgan fingerprint density at radius 1 is 1.10 bits per heavy atom. The summed E-state index contributed by atoms with van der Waals surface area (Å²) in [7, 11) is 1.48. The van der Waals surface area contributed by atoms with Crippen molar-refractivity contribution in [2.24, 2.45) is 0 Å². The fraction of sp³-hybridized carbons (Fsp3) is 0.100. The number of aromatic nitrogens is 5. The summed E-state index contributed by atoms with van der Waals surface area (Å²) in [6.45, 7) is 0.00668. The summed E-state index contributed by atoms with van der Waals surface area (Å²) in [4.78, 5) is 25.1. The van der Waals surface area contributed by atoms with Gasteiger partial charge in [0.15, 0.2) is 0 Å². The second-order valence-corrected chi connectivity index (χ2v) is 6.74. The topological polar surface area (TPSA) is 83.9 Å². The zero-order valence-corrected chi connectivity index (χ0v) is 16.5. The van der Waals surface area contributed by atoms with Crippen molar-refractivity contribution >= 4 is 11.6 Å². The van der Waals surface area contributed by atoms with Gasteiger partial charge in [0.1, 0.15) is 22.9 Å². The van der Waals surface area contributed by atoms with Crippen LogP contribution in [-0.4, -0.2) is 31.2 Å². The van der Waals surface area contributed by atoms with E-state index in [2.05, 4.69) is 10.3 Å². The standard InChI is InChI=1S/C20H15ClFN5O3/c1-30-18-7-6-14(10-15(18)21)26-9-8-25(19(28)20(26)29)11-13-12-27(24-23-13)17-5-3-2-4-16(17)22/h2-10,12H,11H2,1H3. The molecule has 0 amide bonds. The van der Waals surface area contributed by atoms with Crippen LogP contribution in [0, 0.1) is 5.82 Å². The van der Waals surface area contributed by atoms with Gasteiger partial charge in [-0.1, -0.05) is 28.9 Å². The van der Waals surface area contributed by atoms with Crippen molar-refractivity contribution in [2.75, 3.05) is 7.11 Å². The third-order valence-corrected chi connectivity index (χ3v) is 4.74. The van der Waals surface area contributed by atoms with Crippen LogP contribution < -0.4 is 15.9 Å². The number of halogens is 2. The Bertz CT molecular complexity index is 1340. The SMILES string of the molecule is COc1ccc(-n2ccn(Cc3cn(-c4ccccc4F)nn3)c(=O)c2=O)cc1Cl. The lowest BCUT2D eigenvalue weighted by Crippen LogP contribution is -2.40. The first-order chi connectivity index (χ1) is 14.5. The first-order valence-electron chi connectivity index (χ1n) is 8.80. The van der Waals surface area contributed by atoms with Gasteiger partial charge in [-0.05, 0) is 30.3 Å². The molecule has 10 heteroatoms. The molecule has 0 N–H and O–H groups in total. The summed E-state index contributed by atoms with van der Waals surface area (Å²) in [6.07, 6.45) is 4.42. The molecule has 2 heterocycles. The molecule has 4 rings (SSSR count). The average molecular weight is 428 g/mol. The van der Waals surface area contributed by atoms with Crippen LogP contribution in [-0.2, 0) is 6.54 Å². The van der Waals surface area contributed by atoms with Gasteiger partial charge >= 0.3 is 11.1 Å². The van der Waals surface area contributed by atoms with Gasteiger partial charge in [0, 0.05) is 12.4 Å². The van der Waals surface area contributed by atoms with E-state index < -0.39 is 16.9 Å². The number of ether oxygens (including phenoxy) is 1. The highest BCUT2D eigenvalue weighted by molar-refractivity contribution is 6.32. The van der Waals surface area contributed by atoms with Crippen LogP contribution in [0.3, 0.4) is 0 Å². The van der Waals surface area contributed by atoms with Crippen LogP contribution in [0.4, 0.5) is 4.39 Å². The predicted octanol–water partition coefficient (Wildman–Crippen LogP) is 2.43. The van der Waals surface area contributed by atoms with E-state index in [0.717, 1.165) is 0 Å². The molecule has 0 saturated carbocycles. The molecule has 2 aromatic heterocycles. The molecule has 4 aromatic rings. The first-order valence-corrected chi connectivity index (χ1v) is 9.18. The largest absolute Gasteiger partial charge is 0.495 e. The van der Waals surface area contributed by atoms with E-state index in [1.54, 1.807) is 30.3 Å². The van der Waals surface area contributed by atoms with Crippen molar-refractivity contribution < 1.29 is 9.13 Å². The van der Waals surface area contributed by atoms with Gasteiger partial charge < -0.3 is 9.30 Å². The van der Waals surface area contributed by atoms with Crippen LogP contribution in [0.5, 0.6) is 5.75 Å². The second-order valence-electron chi connectivity index (χ2n) is 6.33. The maximum Gasteiger partial charge on any atom is 0.320 e. The number of hydrogen-bond donors (Lipinski definition) is 0. The van der Waals surface area contributed by atoms with Crippen LogP contribution in [0.25, 0.3) is 11.4 Å². The van der Waals surface area contributed by atoms with Crippen molar-refractivity contribution in [2.45, 2.75) is 6.54 Å². The maximum atomic E-state index is 13.9. The van der Waals surface area contributed by atoms with Gasteiger partial charge in [-0.25, -0.2) is 9.07 Å². The molecular formula is C20H15ClFN5O3. The molecule has 0 saturated heterocycles. The van der Waals surface area contributed by atoms with Crippen molar-refractivity contribution in [1.29, 1.82) is 0 Å². The predicted molar refractivity (Wildman–Crippen MR) is 108 cm³/mol. The lowest BCUT2D eigenvalue weighted by Gasteiger charge is -2.10. The third kappa shape index (κ3) is 3.62. The number of rotatable bonds is 5. The Labute approximate surface area is 174 Å². The van der Waals surface area contributed by atoms with E-state index in [4.69, 9.17) is 16.3 Å². The molecule has 0 bridgehead atoms. The van der Waals surface area contributed by atoms with Gasteiger partial charge in [0.25, 0.3) is 0 Å². The Morgan fingerprint density at radius 3 is 2.63 bits per heavy atom. The summed E-state index contributed by atoms with van der Waals surface area (Å²) in [5.41, 5.74) is -0.439. The third-order valence-electron chi connectivity index (χ3n) is 4.44. The van der Waals surface area contributed by atoms with E-state index in [-0.39, 0.29) is 12.2 Å². The van der Waals surface area contributed by atoms with E-state index in [1.165, 1.54) is 51.6 Å². The normalized spacial score (nSPS) is 10.9. The molecule has 8 nitrogen and oxygen atoms in total. The molecule has 0 unspecified atom stereocenters. The monoisotopic (exact) mass is 427 g/mol. The Kier molecular flexibility index (Phi) is 5.20. The van der Waals surface area contributed by atoms with Gasteiger partial charge in [-0.15, -0.1) is 5.10 Å². The maximum absolute atomic E-state index is 13.9. The van der Waals surface area contributed by atoms with Crippen LogP contribution in [0.1, 0.15) is 5.69 Å². The molecular weight excluding hydrogens is 413 g/mol. The molecule has 0 aliphatic heterocycles. The number of nitrogens with zero attached hydrogens (tertiary/aromatic N) is 5. The minimum atomic E-state index is -0.750. The lowest BCUT2D eigenvalue weighted by atomic mass is 10.3. The van der Waals surface area contributed by atoms with E-state index in [9.17, 15) is 14.0 Å². The number of benzene rings is 2. The molecule has 2 aromatic carbocycles. The Balaban J connectivity index is 1.64. The summed E-state index contributed by atoms with van der Waals surface area (Å²) >= 11 is 6.11. The number of hydrogen-bond acceptors (Lipinski definition) is 5. The van der Waals surface area contributed by atoms with Crippen LogP contribution >= 0.6 is 11.6 Å². The van der Waals surface area contributed by atoms with Crippen molar-refractivity contribution in [3.05, 3.63) is 98.3 Å². The molecule has 0 aliphatic carbocycles. The van der Waals surface area contributed by atoms with Gasteiger partial charge in [-0.2, -0.15) is 0 Å². The van der Waals surface area contributed by atoms with Crippen molar-refractivity contribution in [1.82, 2.24) is 24.1 Å². The van der Waals surface area contributed by atoms with Gasteiger partial charge in [0.2, 0.25) is 0 Å². The first kappa shape index (κ1) is 19.6. The fourth-order valence-electron chi connectivity index (χ4n) is 2.94. The molecule has 0 spiro atoms. The zero-order chi connectivity index (χ0) is 21.3. The molecule has 0 aliphatic rings. The minimum Gasteiger partial charge on any atom is -0.495 e. The van der Waals surface area contributed by atoms with Crippen LogP contribution in [0.2, 0.25) is 5.02 Å². The van der Waals surface area contributed by atoms with Gasteiger partial charge in [0.05, 0.1) is 30.6 Å². The number of methoxy groups -OCH3 is 1. The summed E-state index contributed by atoms with van der Waals surface area (Å²) in [5, 5.41) is 8.16. The highest BCUT2D eigenvalue weighted by Crippen LogP contribution is 2.25. The summed E-state index contributed by atoms with van der Waals surface area (Å²) in [6, 6.07) is 10.9. The average Bonchev–Trinajstić information content (AvgIpc) is 3.20. The smallest absolute Gasteiger partial charge is 0.320 e. The highest BCUT2D eigenvalue weighted by Gasteiger charge is 2.12. The molecule has 30 heavy (non-hydrogen) atoms. The fourth-order valence-corrected chi connectivity index (χ4v) is 3.19. The summed E-state index contributed by atoms with van der Waals surface area (Å²) in [5.74, 6) is 0.00612. The summed E-state index contributed by atoms with van der Waals surface area (Å²) < 4.78 is 22.7. The van der Waals surface area contributed by atoms with E-state index >= 15 is 0 Å². The van der Waals surface area contributed by atoms with Crippen molar-refractivity contribution in [3.63, 3.8) is 0 Å². The molecule has 0 atom stereocenters. The lowest BCUT2D eigenvalue weighted by molar-refractivity contribution is 0.415. The van der Waals surface area contributed by atoms with Crippen LogP contribution in [0.15, 0.2) is 70.6 Å². The van der Waals surface area contributed by atoms with E-state index in [1.807, 2.05) is 0 Å². The quantitative estimate of drug-likeness (QED) is 0.457. The zero-order valence-electron chi connectivity index (χ0n) is 15.7. The Hall–Kier alpha value is -3.72. The number of para-hydroxylation sites is 1. The molecule has 152 valence electrons. The van der Waals surface area contributed by atoms with Gasteiger partial charge in [-0.3, -0.25) is 14.2 Å².